The average molecular weight is 250 g/mol. The Kier molecular flexibility index (Phi) is 2.81. The highest BCUT2D eigenvalue weighted by atomic mass is 32.1. The van der Waals surface area contributed by atoms with Crippen LogP contribution >= 0.6 is 11.5 Å². The van der Waals surface area contributed by atoms with Crippen molar-refractivity contribution in [2.45, 2.75) is 19.4 Å². The molecule has 6 nitrogen and oxygen atoms in total. The number of rotatable bonds is 2. The van der Waals surface area contributed by atoms with Crippen molar-refractivity contribution in [3.8, 4) is 6.07 Å². The lowest BCUT2D eigenvalue weighted by Crippen LogP contribution is -2.31. The first-order chi connectivity index (χ1) is 8.04. The Balaban J connectivity index is 2.20. The van der Waals surface area contributed by atoms with E-state index in [4.69, 9.17) is 5.26 Å². The van der Waals surface area contributed by atoms with E-state index in [0.29, 0.717) is 16.3 Å². The van der Waals surface area contributed by atoms with Crippen molar-refractivity contribution in [3.63, 3.8) is 0 Å². The van der Waals surface area contributed by atoms with Crippen molar-refractivity contribution in [3.05, 3.63) is 11.3 Å². The zero-order chi connectivity index (χ0) is 12.6. The minimum atomic E-state index is -0.584. The molecule has 2 heterocycles. The third-order valence-electron chi connectivity index (χ3n) is 2.66. The van der Waals surface area contributed by atoms with Crippen molar-refractivity contribution in [1.29, 1.82) is 5.26 Å². The molecule has 1 N–H and O–H groups in total. The Hall–Kier alpha value is -1.94. The number of nitrogens with zero attached hydrogens (tertiary/aromatic N) is 3. The number of hydrogen-bond acceptors (Lipinski definition) is 6. The molecule has 0 bridgehead atoms. The van der Waals surface area contributed by atoms with E-state index in [-0.39, 0.29) is 18.2 Å². The van der Waals surface area contributed by atoms with E-state index in [2.05, 4.69) is 9.69 Å². The van der Waals surface area contributed by atoms with Gasteiger partial charge in [-0.15, -0.1) is 0 Å². The quantitative estimate of drug-likeness (QED) is 0.772. The SMILES string of the molecule is Cc1nsc(NC2CC(=O)N(C)C2=O)c1C#N. The van der Waals surface area contributed by atoms with Gasteiger partial charge in [-0.2, -0.15) is 9.64 Å². The molecule has 1 atom stereocenters. The molecule has 1 saturated heterocycles. The first-order valence-corrected chi connectivity index (χ1v) is 5.75. The van der Waals surface area contributed by atoms with Gasteiger partial charge in [0.2, 0.25) is 5.91 Å². The normalized spacial score (nSPS) is 19.6. The molecule has 0 spiro atoms. The first-order valence-electron chi connectivity index (χ1n) is 4.98. The van der Waals surface area contributed by atoms with E-state index in [1.165, 1.54) is 7.05 Å². The lowest BCUT2D eigenvalue weighted by atomic mass is 10.2. The van der Waals surface area contributed by atoms with E-state index in [0.717, 1.165) is 16.4 Å². The molecule has 0 radical (unpaired) electrons. The van der Waals surface area contributed by atoms with Gasteiger partial charge in [0, 0.05) is 7.05 Å². The van der Waals surface area contributed by atoms with Crippen LogP contribution in [0.1, 0.15) is 17.7 Å². The van der Waals surface area contributed by atoms with Crippen molar-refractivity contribution in [2.24, 2.45) is 0 Å². The lowest BCUT2D eigenvalue weighted by molar-refractivity contribution is -0.136. The maximum atomic E-state index is 11.7. The van der Waals surface area contributed by atoms with Gasteiger partial charge in [-0.1, -0.05) is 0 Å². The van der Waals surface area contributed by atoms with Crippen LogP contribution in [0.5, 0.6) is 0 Å². The minimum Gasteiger partial charge on any atom is -0.363 e. The highest BCUT2D eigenvalue weighted by Crippen LogP contribution is 2.26. The predicted octanol–water partition coefficient (Wildman–Crippen LogP) is 0.492. The van der Waals surface area contributed by atoms with Crippen LogP contribution in [-0.2, 0) is 9.59 Å². The Morgan fingerprint density at radius 3 is 2.82 bits per heavy atom. The Bertz CT molecular complexity index is 531. The zero-order valence-corrected chi connectivity index (χ0v) is 10.2. The van der Waals surface area contributed by atoms with Crippen LogP contribution in [0.25, 0.3) is 0 Å². The van der Waals surface area contributed by atoms with Crippen LogP contribution in [0.4, 0.5) is 5.00 Å². The number of aromatic nitrogens is 1. The maximum absolute atomic E-state index is 11.7. The number of imide groups is 1. The van der Waals surface area contributed by atoms with Gasteiger partial charge in [-0.05, 0) is 18.5 Å². The Labute approximate surface area is 102 Å². The van der Waals surface area contributed by atoms with Gasteiger partial charge in [0.1, 0.15) is 22.7 Å². The largest absolute Gasteiger partial charge is 0.363 e. The monoisotopic (exact) mass is 250 g/mol. The summed E-state index contributed by atoms with van der Waals surface area (Å²) in [5.74, 6) is -0.489. The molecule has 2 amide bonds. The molecular formula is C10H10N4O2S. The molecule has 1 aliphatic rings. The number of carbonyl (C=O) groups excluding carboxylic acids is 2. The molecule has 1 aromatic heterocycles. The van der Waals surface area contributed by atoms with Gasteiger partial charge in [0.05, 0.1) is 12.1 Å². The fourth-order valence-electron chi connectivity index (χ4n) is 1.63. The summed E-state index contributed by atoms with van der Waals surface area (Å²) in [5, 5.41) is 12.4. The van der Waals surface area contributed by atoms with Crippen molar-refractivity contribution in [1.82, 2.24) is 9.27 Å². The maximum Gasteiger partial charge on any atom is 0.251 e. The molecule has 1 aliphatic heterocycles. The van der Waals surface area contributed by atoms with E-state index in [1.54, 1.807) is 6.92 Å². The number of anilines is 1. The van der Waals surface area contributed by atoms with E-state index < -0.39 is 6.04 Å². The highest BCUT2D eigenvalue weighted by molar-refractivity contribution is 7.10. The summed E-state index contributed by atoms with van der Waals surface area (Å²) in [7, 11) is 1.45. The topological polar surface area (TPSA) is 86.1 Å². The van der Waals surface area contributed by atoms with Gasteiger partial charge in [0.15, 0.2) is 0 Å². The van der Waals surface area contributed by atoms with Gasteiger partial charge in [-0.25, -0.2) is 0 Å². The average Bonchev–Trinajstić information content (AvgIpc) is 2.76. The fourth-order valence-corrected chi connectivity index (χ4v) is 2.43. The molecule has 0 aliphatic carbocycles. The van der Waals surface area contributed by atoms with Crippen LogP contribution in [0.3, 0.4) is 0 Å². The second kappa shape index (κ2) is 4.14. The number of hydrogen-bond donors (Lipinski definition) is 1. The molecule has 2 rings (SSSR count). The zero-order valence-electron chi connectivity index (χ0n) is 9.35. The molecule has 17 heavy (non-hydrogen) atoms. The summed E-state index contributed by atoms with van der Waals surface area (Å²) in [6, 6.07) is 1.45. The van der Waals surface area contributed by atoms with Crippen molar-refractivity contribution >= 4 is 28.3 Å². The van der Waals surface area contributed by atoms with Crippen molar-refractivity contribution in [2.75, 3.05) is 12.4 Å². The van der Waals surface area contributed by atoms with E-state index in [9.17, 15) is 9.59 Å². The molecule has 0 aromatic carbocycles. The van der Waals surface area contributed by atoms with Crippen LogP contribution in [0.15, 0.2) is 0 Å². The number of carbonyl (C=O) groups is 2. The molecule has 88 valence electrons. The van der Waals surface area contributed by atoms with E-state index >= 15 is 0 Å². The van der Waals surface area contributed by atoms with Crippen molar-refractivity contribution < 1.29 is 9.59 Å². The summed E-state index contributed by atoms with van der Waals surface area (Å²) >= 11 is 1.13. The number of likely N-dealkylation sites (N-methyl/N-ethyl adjacent to an activating group) is 1. The lowest BCUT2D eigenvalue weighted by Gasteiger charge is -2.10. The van der Waals surface area contributed by atoms with Gasteiger partial charge >= 0.3 is 0 Å². The molecule has 1 aromatic rings. The number of nitrogens with one attached hydrogen (secondary N) is 1. The van der Waals surface area contributed by atoms with Crippen LogP contribution in [0.2, 0.25) is 0 Å². The van der Waals surface area contributed by atoms with E-state index in [1.807, 2.05) is 6.07 Å². The number of aryl methyl sites for hydroxylation is 1. The summed E-state index contributed by atoms with van der Waals surface area (Å²) in [5.41, 5.74) is 1.06. The van der Waals surface area contributed by atoms with Crippen LogP contribution < -0.4 is 5.32 Å². The van der Waals surface area contributed by atoms with Gasteiger partial charge in [0.25, 0.3) is 5.91 Å². The van der Waals surface area contributed by atoms with Gasteiger partial charge in [-0.3, -0.25) is 14.5 Å². The fraction of sp³-hybridized carbons (Fsp3) is 0.400. The number of nitriles is 1. The summed E-state index contributed by atoms with van der Waals surface area (Å²) in [6.45, 7) is 1.73. The number of amides is 2. The van der Waals surface area contributed by atoms with Crippen LogP contribution in [0, 0.1) is 18.3 Å². The molecule has 1 fully saturated rings. The third kappa shape index (κ3) is 1.87. The standard InChI is InChI=1S/C10H10N4O2S/c1-5-6(4-11)9(17-13-5)12-7-3-8(15)14(2)10(7)16/h7,12H,3H2,1-2H3. The number of likely N-dealkylation sites (tertiary alicyclic amines) is 1. The van der Waals surface area contributed by atoms with Gasteiger partial charge < -0.3 is 5.32 Å². The minimum absolute atomic E-state index is 0.122. The summed E-state index contributed by atoms with van der Waals surface area (Å²) in [4.78, 5) is 24.1. The second-order valence-electron chi connectivity index (χ2n) is 3.78. The molecule has 0 saturated carbocycles. The summed E-state index contributed by atoms with van der Waals surface area (Å²) < 4.78 is 4.04. The first kappa shape index (κ1) is 11.5. The van der Waals surface area contributed by atoms with Crippen LogP contribution in [-0.4, -0.2) is 34.2 Å². The highest BCUT2D eigenvalue weighted by Gasteiger charge is 2.36. The Morgan fingerprint density at radius 2 is 2.29 bits per heavy atom. The summed E-state index contributed by atoms with van der Waals surface area (Å²) in [6.07, 6.45) is 0.122. The Morgan fingerprint density at radius 1 is 1.59 bits per heavy atom. The molecular weight excluding hydrogens is 240 g/mol. The third-order valence-corrected chi connectivity index (χ3v) is 3.53. The predicted molar refractivity (Wildman–Crippen MR) is 61.4 cm³/mol. The smallest absolute Gasteiger partial charge is 0.251 e. The second-order valence-corrected chi connectivity index (χ2v) is 4.55. The molecule has 1 unspecified atom stereocenters. The molecule has 7 heteroatoms.